The number of hydrogen-bond donors (Lipinski definition) is 1. The van der Waals surface area contributed by atoms with Crippen molar-refractivity contribution in [2.45, 2.75) is 0 Å². The summed E-state index contributed by atoms with van der Waals surface area (Å²) in [5, 5.41) is 0. The Morgan fingerprint density at radius 3 is 2.84 bits per heavy atom. The summed E-state index contributed by atoms with van der Waals surface area (Å²) in [5.74, 6) is 1.60. The summed E-state index contributed by atoms with van der Waals surface area (Å²) in [6, 6.07) is 5.92. The highest BCUT2D eigenvalue weighted by Gasteiger charge is 2.17. The van der Waals surface area contributed by atoms with Gasteiger partial charge in [0.05, 0.1) is 0 Å². The molecule has 0 fully saturated rings. The normalized spacial score (nSPS) is 17.6. The highest BCUT2D eigenvalue weighted by Crippen LogP contribution is 2.38. The van der Waals surface area contributed by atoms with Crippen molar-refractivity contribution in [2.24, 2.45) is 5.73 Å². The van der Waals surface area contributed by atoms with Gasteiger partial charge in [0.25, 0.3) is 0 Å². The smallest absolute Gasteiger partial charge is 0.169 e. The largest absolute Gasteiger partial charge is 0.486 e. The molecule has 4 nitrogen and oxygen atoms in total. The minimum atomic E-state index is 0.581. The fourth-order valence-corrected chi connectivity index (χ4v) is 2.22. The van der Waals surface area contributed by atoms with Crippen molar-refractivity contribution in [1.82, 2.24) is 4.90 Å². The number of fused-ring (bicyclic) bond motifs is 1. The minimum Gasteiger partial charge on any atom is -0.486 e. The maximum Gasteiger partial charge on any atom is 0.169 e. The molecule has 1 aromatic carbocycles. The van der Waals surface area contributed by atoms with E-state index in [2.05, 4.69) is 0 Å². The lowest BCUT2D eigenvalue weighted by Crippen LogP contribution is -2.16. The molecule has 1 aromatic rings. The molecule has 19 heavy (non-hydrogen) atoms. The number of allylic oxidation sites excluding steroid dienone is 3. The Morgan fingerprint density at radius 1 is 1.11 bits per heavy atom. The molecule has 0 aromatic heterocycles. The minimum absolute atomic E-state index is 0.581. The van der Waals surface area contributed by atoms with Crippen LogP contribution in [-0.2, 0) is 0 Å². The van der Waals surface area contributed by atoms with Crippen LogP contribution in [0.25, 0.3) is 5.57 Å². The Morgan fingerprint density at radius 2 is 1.95 bits per heavy atom. The van der Waals surface area contributed by atoms with Gasteiger partial charge in [-0.1, -0.05) is 18.2 Å². The summed E-state index contributed by atoms with van der Waals surface area (Å²) in [6.07, 6.45) is 7.77. The second kappa shape index (κ2) is 4.72. The van der Waals surface area contributed by atoms with Gasteiger partial charge < -0.3 is 20.1 Å². The van der Waals surface area contributed by atoms with Crippen molar-refractivity contribution < 1.29 is 9.47 Å². The number of ether oxygens (including phenoxy) is 2. The Labute approximate surface area is 112 Å². The molecule has 3 rings (SSSR count). The van der Waals surface area contributed by atoms with E-state index in [1.807, 2.05) is 54.7 Å². The predicted molar refractivity (Wildman–Crippen MR) is 74.6 cm³/mol. The first-order valence-electron chi connectivity index (χ1n) is 6.22. The lowest BCUT2D eigenvalue weighted by atomic mass is 10.0. The first-order chi connectivity index (χ1) is 9.24. The van der Waals surface area contributed by atoms with Crippen LogP contribution in [0.5, 0.6) is 11.5 Å². The second-order valence-corrected chi connectivity index (χ2v) is 4.54. The summed E-state index contributed by atoms with van der Waals surface area (Å²) in [6.45, 7) is 1.18. The van der Waals surface area contributed by atoms with Crippen molar-refractivity contribution in [3.63, 3.8) is 0 Å². The average Bonchev–Trinajstić information content (AvgIpc) is 2.59. The molecule has 0 bridgehead atoms. The van der Waals surface area contributed by atoms with E-state index in [-0.39, 0.29) is 0 Å². The molecule has 2 aliphatic rings. The van der Waals surface area contributed by atoms with Crippen LogP contribution in [0.4, 0.5) is 0 Å². The van der Waals surface area contributed by atoms with E-state index in [1.165, 1.54) is 0 Å². The number of hydrogen-bond acceptors (Lipinski definition) is 4. The zero-order chi connectivity index (χ0) is 13.2. The monoisotopic (exact) mass is 256 g/mol. The quantitative estimate of drug-likeness (QED) is 0.836. The van der Waals surface area contributed by atoms with Gasteiger partial charge >= 0.3 is 0 Å². The van der Waals surface area contributed by atoms with Gasteiger partial charge in [0.15, 0.2) is 11.5 Å². The first kappa shape index (κ1) is 11.7. The SMILES string of the molecule is CN1C=C(N)C=CC(c2cccc3c2OCCO3)=C1. The second-order valence-electron chi connectivity index (χ2n) is 4.54. The van der Waals surface area contributed by atoms with Crippen LogP contribution >= 0.6 is 0 Å². The molecular formula is C15H16N2O2. The predicted octanol–water partition coefficient (Wildman–Crippen LogP) is 2.10. The Kier molecular flexibility index (Phi) is 2.91. The zero-order valence-corrected chi connectivity index (χ0v) is 10.8. The topological polar surface area (TPSA) is 47.7 Å². The molecule has 0 radical (unpaired) electrons. The Bertz CT molecular complexity index is 588. The van der Waals surface area contributed by atoms with Gasteiger partial charge in [-0.15, -0.1) is 0 Å². The van der Waals surface area contributed by atoms with Gasteiger partial charge in [-0.3, -0.25) is 0 Å². The van der Waals surface area contributed by atoms with Crippen molar-refractivity contribution in [2.75, 3.05) is 20.3 Å². The summed E-state index contributed by atoms with van der Waals surface area (Å²) in [5.41, 5.74) is 8.63. The van der Waals surface area contributed by atoms with Gasteiger partial charge in [-0.25, -0.2) is 0 Å². The van der Waals surface area contributed by atoms with Gasteiger partial charge in [-0.05, 0) is 12.1 Å². The maximum atomic E-state index is 5.85. The van der Waals surface area contributed by atoms with Crippen LogP contribution in [0.1, 0.15) is 5.56 Å². The third-order valence-electron chi connectivity index (χ3n) is 3.03. The van der Waals surface area contributed by atoms with Crippen LogP contribution < -0.4 is 15.2 Å². The van der Waals surface area contributed by atoms with Crippen molar-refractivity contribution >= 4 is 5.57 Å². The summed E-state index contributed by atoms with van der Waals surface area (Å²) < 4.78 is 11.4. The van der Waals surface area contributed by atoms with Crippen LogP contribution in [0.2, 0.25) is 0 Å². The average molecular weight is 256 g/mol. The van der Waals surface area contributed by atoms with Crippen molar-refractivity contribution in [3.8, 4) is 11.5 Å². The molecule has 0 amide bonds. The van der Waals surface area contributed by atoms with Gasteiger partial charge in [0.2, 0.25) is 0 Å². The zero-order valence-electron chi connectivity index (χ0n) is 10.8. The van der Waals surface area contributed by atoms with E-state index in [9.17, 15) is 0 Å². The first-order valence-corrected chi connectivity index (χ1v) is 6.22. The Hall–Kier alpha value is -2.36. The molecule has 0 spiro atoms. The molecular weight excluding hydrogens is 240 g/mol. The molecule has 2 heterocycles. The molecule has 2 aliphatic heterocycles. The maximum absolute atomic E-state index is 5.85. The van der Waals surface area contributed by atoms with Gasteiger partial charge in [0, 0.05) is 36.3 Å². The standard InChI is InChI=1S/C15H16N2O2/c1-17-9-11(5-6-12(16)10-17)13-3-2-4-14-15(13)19-8-7-18-14/h2-6,9-10H,7-8,16H2,1H3. The number of nitrogens with zero attached hydrogens (tertiary/aromatic N) is 1. The van der Waals surface area contributed by atoms with Crippen molar-refractivity contribution in [3.05, 3.63) is 54.0 Å². The van der Waals surface area contributed by atoms with Gasteiger partial charge in [-0.2, -0.15) is 0 Å². The highest BCUT2D eigenvalue weighted by molar-refractivity contribution is 5.80. The van der Waals surface area contributed by atoms with E-state index in [1.54, 1.807) is 0 Å². The van der Waals surface area contributed by atoms with Crippen LogP contribution in [0, 0.1) is 0 Å². The van der Waals surface area contributed by atoms with Crippen molar-refractivity contribution in [1.29, 1.82) is 0 Å². The van der Waals surface area contributed by atoms with Crippen LogP contribution in [0.3, 0.4) is 0 Å². The molecule has 0 unspecified atom stereocenters. The van der Waals surface area contributed by atoms with E-state index in [4.69, 9.17) is 15.2 Å². The van der Waals surface area contributed by atoms with E-state index >= 15 is 0 Å². The fraction of sp³-hybridized carbons (Fsp3) is 0.200. The molecule has 0 aliphatic carbocycles. The summed E-state index contributed by atoms with van der Waals surface area (Å²) >= 11 is 0. The molecule has 0 atom stereocenters. The number of benzene rings is 1. The highest BCUT2D eigenvalue weighted by atomic mass is 16.6. The number of nitrogens with two attached hydrogens (primary N) is 1. The molecule has 98 valence electrons. The lowest BCUT2D eigenvalue weighted by Gasteiger charge is -2.21. The molecule has 0 saturated heterocycles. The third kappa shape index (κ3) is 2.29. The van der Waals surface area contributed by atoms with Crippen LogP contribution in [-0.4, -0.2) is 25.2 Å². The van der Waals surface area contributed by atoms with E-state index in [0.29, 0.717) is 13.2 Å². The summed E-state index contributed by atoms with van der Waals surface area (Å²) in [4.78, 5) is 1.94. The lowest BCUT2D eigenvalue weighted by molar-refractivity contribution is 0.171. The molecule has 4 heteroatoms. The summed E-state index contributed by atoms with van der Waals surface area (Å²) in [7, 11) is 1.95. The molecule has 0 saturated carbocycles. The van der Waals surface area contributed by atoms with E-state index in [0.717, 1.165) is 28.3 Å². The molecule has 2 N–H and O–H groups in total. The van der Waals surface area contributed by atoms with Gasteiger partial charge in [0.1, 0.15) is 13.2 Å². The van der Waals surface area contributed by atoms with Crippen LogP contribution in [0.15, 0.2) is 48.4 Å². The third-order valence-corrected chi connectivity index (χ3v) is 3.03. The fourth-order valence-electron chi connectivity index (χ4n) is 2.22. The number of rotatable bonds is 1. The Balaban J connectivity index is 2.06. The number of para-hydroxylation sites is 1. The van der Waals surface area contributed by atoms with E-state index < -0.39 is 0 Å².